The van der Waals surface area contributed by atoms with Gasteiger partial charge in [-0.3, -0.25) is 0 Å². The van der Waals surface area contributed by atoms with Crippen LogP contribution in [-0.4, -0.2) is 24.6 Å². The zero-order chi connectivity index (χ0) is 23.1. The normalized spacial score (nSPS) is 12.3. The van der Waals surface area contributed by atoms with Crippen LogP contribution in [0, 0.1) is 0 Å². The van der Waals surface area contributed by atoms with E-state index in [9.17, 15) is 21.6 Å². The summed E-state index contributed by atoms with van der Waals surface area (Å²) in [4.78, 5) is -0.0697. The van der Waals surface area contributed by atoms with Crippen LogP contribution in [0.25, 0.3) is 27.9 Å². The summed E-state index contributed by atoms with van der Waals surface area (Å²) < 4.78 is 69.5. The summed E-state index contributed by atoms with van der Waals surface area (Å²) in [5, 5.41) is 9.58. The van der Waals surface area contributed by atoms with Crippen molar-refractivity contribution in [1.82, 2.24) is 9.61 Å². The lowest BCUT2D eigenvalue weighted by Crippen LogP contribution is -2.11. The van der Waals surface area contributed by atoms with Crippen LogP contribution in [-0.2, 0) is 16.2 Å². The van der Waals surface area contributed by atoms with Gasteiger partial charge in [-0.05, 0) is 61.0 Å². The second-order valence-electron chi connectivity index (χ2n) is 7.00. The molecule has 0 saturated heterocycles. The molecule has 0 aliphatic rings. The minimum Gasteiger partial charge on any atom is -0.494 e. The fraction of sp³-hybridized carbons (Fsp3) is 0.136. The number of hydrogen-bond donors (Lipinski definition) is 1. The average molecular weight is 461 g/mol. The number of alkyl halides is 3. The topological polar surface area (TPSA) is 86.7 Å². The fourth-order valence-corrected chi connectivity index (χ4v) is 3.91. The molecule has 10 heteroatoms. The van der Waals surface area contributed by atoms with Crippen molar-refractivity contribution in [3.8, 4) is 28.1 Å². The summed E-state index contributed by atoms with van der Waals surface area (Å²) in [6.45, 7) is 2.35. The maximum atomic E-state index is 13.2. The molecular weight excluding hydrogens is 443 g/mol. The first-order chi connectivity index (χ1) is 15.1. The highest BCUT2D eigenvalue weighted by Crippen LogP contribution is 2.38. The Labute approximate surface area is 182 Å². The quantitative estimate of drug-likeness (QED) is 0.465. The predicted octanol–water partition coefficient (Wildman–Crippen LogP) is 4.73. The maximum absolute atomic E-state index is 13.2. The van der Waals surface area contributed by atoms with E-state index in [0.717, 1.165) is 12.3 Å². The molecular formula is C22H18F3N3O3S. The van der Waals surface area contributed by atoms with E-state index in [1.54, 1.807) is 36.4 Å². The Morgan fingerprint density at radius 2 is 1.59 bits per heavy atom. The molecule has 0 radical (unpaired) electrons. The van der Waals surface area contributed by atoms with Crippen molar-refractivity contribution in [1.29, 1.82) is 0 Å². The van der Waals surface area contributed by atoms with Gasteiger partial charge in [0.2, 0.25) is 10.0 Å². The Kier molecular flexibility index (Phi) is 5.43. The Balaban J connectivity index is 1.93. The first kappa shape index (κ1) is 21.8. The highest BCUT2D eigenvalue weighted by molar-refractivity contribution is 7.89. The molecule has 32 heavy (non-hydrogen) atoms. The van der Waals surface area contributed by atoms with Crippen LogP contribution in [0.2, 0.25) is 0 Å². The van der Waals surface area contributed by atoms with Crippen molar-refractivity contribution in [2.75, 3.05) is 6.61 Å². The van der Waals surface area contributed by atoms with Gasteiger partial charge in [-0.15, -0.1) is 0 Å². The Morgan fingerprint density at radius 3 is 2.16 bits per heavy atom. The summed E-state index contributed by atoms with van der Waals surface area (Å²) in [6, 6.07) is 15.1. The first-order valence-corrected chi connectivity index (χ1v) is 11.1. The summed E-state index contributed by atoms with van der Waals surface area (Å²) in [6.07, 6.45) is -3.59. The van der Waals surface area contributed by atoms with Gasteiger partial charge in [0, 0.05) is 17.3 Å². The van der Waals surface area contributed by atoms with E-state index in [0.29, 0.717) is 40.3 Å². The molecule has 166 valence electrons. The number of aromatic nitrogens is 2. The third-order valence-corrected chi connectivity index (χ3v) is 5.80. The third kappa shape index (κ3) is 4.19. The first-order valence-electron chi connectivity index (χ1n) is 9.54. The number of fused-ring (bicyclic) bond motifs is 1. The van der Waals surface area contributed by atoms with Gasteiger partial charge in [0.25, 0.3) is 0 Å². The number of nitrogens with zero attached hydrogens (tertiary/aromatic N) is 2. The molecule has 2 aromatic heterocycles. The minimum absolute atomic E-state index is 0.0697. The molecule has 2 aromatic carbocycles. The van der Waals surface area contributed by atoms with Crippen molar-refractivity contribution in [2.45, 2.75) is 18.0 Å². The molecule has 0 spiro atoms. The summed E-state index contributed by atoms with van der Waals surface area (Å²) in [5.74, 6) is 0.651. The van der Waals surface area contributed by atoms with Crippen molar-refractivity contribution in [3.63, 3.8) is 0 Å². The highest BCUT2D eigenvalue weighted by atomic mass is 32.2. The van der Waals surface area contributed by atoms with Gasteiger partial charge in [0.05, 0.1) is 22.6 Å². The number of hydrogen-bond acceptors (Lipinski definition) is 4. The Hall–Kier alpha value is -3.37. The van der Waals surface area contributed by atoms with Crippen molar-refractivity contribution >= 4 is 15.5 Å². The molecule has 6 nitrogen and oxygen atoms in total. The SMILES string of the molecule is CCOc1ccc(-c2nn3cc(C(F)(F)F)ccc3c2-c2ccc(S(N)(=O)=O)cc2)cc1. The zero-order valence-corrected chi connectivity index (χ0v) is 17.6. The van der Waals surface area contributed by atoms with Gasteiger partial charge in [-0.2, -0.15) is 18.3 Å². The minimum atomic E-state index is -4.52. The van der Waals surface area contributed by atoms with Crippen LogP contribution in [0.5, 0.6) is 5.75 Å². The van der Waals surface area contributed by atoms with Crippen LogP contribution < -0.4 is 9.88 Å². The van der Waals surface area contributed by atoms with Crippen molar-refractivity contribution < 1.29 is 26.3 Å². The van der Waals surface area contributed by atoms with Gasteiger partial charge in [0.1, 0.15) is 11.4 Å². The molecule has 0 fully saturated rings. The molecule has 4 aromatic rings. The van der Waals surface area contributed by atoms with Gasteiger partial charge < -0.3 is 4.74 Å². The van der Waals surface area contributed by atoms with E-state index in [2.05, 4.69) is 5.10 Å². The smallest absolute Gasteiger partial charge is 0.417 e. The Bertz CT molecular complexity index is 1380. The fourth-order valence-electron chi connectivity index (χ4n) is 3.39. The monoisotopic (exact) mass is 461 g/mol. The van der Waals surface area contributed by atoms with E-state index in [1.807, 2.05) is 6.92 Å². The standard InChI is InChI=1S/C22H18F3N3O3S/c1-2-31-17-8-3-15(4-9-17)21-20(14-5-10-18(11-6-14)32(26,29)30)19-12-7-16(22(23,24)25)13-28(19)27-21/h3-13H,2H2,1H3,(H2,26,29,30). The number of nitrogens with two attached hydrogens (primary N) is 1. The van der Waals surface area contributed by atoms with Crippen LogP contribution in [0.4, 0.5) is 13.2 Å². The summed E-state index contributed by atoms with van der Waals surface area (Å²) >= 11 is 0. The molecule has 4 rings (SSSR count). The van der Waals surface area contributed by atoms with Gasteiger partial charge in [0.15, 0.2) is 0 Å². The van der Waals surface area contributed by atoms with Gasteiger partial charge >= 0.3 is 6.18 Å². The zero-order valence-electron chi connectivity index (χ0n) is 16.8. The van der Waals surface area contributed by atoms with Crippen LogP contribution in [0.15, 0.2) is 71.8 Å². The molecule has 0 atom stereocenters. The molecule has 0 aliphatic heterocycles. The number of benzene rings is 2. The second-order valence-corrected chi connectivity index (χ2v) is 8.56. The molecule has 0 aliphatic carbocycles. The van der Waals surface area contributed by atoms with E-state index in [-0.39, 0.29) is 4.90 Å². The number of rotatable bonds is 5. The lowest BCUT2D eigenvalue weighted by molar-refractivity contribution is -0.137. The molecule has 0 saturated carbocycles. The number of ether oxygens (including phenoxy) is 1. The molecule has 2 heterocycles. The predicted molar refractivity (Wildman–Crippen MR) is 114 cm³/mol. The van der Waals surface area contributed by atoms with Crippen LogP contribution >= 0.6 is 0 Å². The second kappa shape index (κ2) is 7.95. The molecule has 0 bridgehead atoms. The third-order valence-electron chi connectivity index (χ3n) is 4.87. The number of sulfonamides is 1. The van der Waals surface area contributed by atoms with E-state index < -0.39 is 21.8 Å². The van der Waals surface area contributed by atoms with Gasteiger partial charge in [-0.1, -0.05) is 12.1 Å². The van der Waals surface area contributed by atoms with E-state index >= 15 is 0 Å². The van der Waals surface area contributed by atoms with Crippen molar-refractivity contribution in [3.05, 3.63) is 72.4 Å². The van der Waals surface area contributed by atoms with Gasteiger partial charge in [-0.25, -0.2) is 18.1 Å². The number of halogens is 3. The molecule has 0 unspecified atom stereocenters. The van der Waals surface area contributed by atoms with Crippen LogP contribution in [0.1, 0.15) is 12.5 Å². The van der Waals surface area contributed by atoms with Crippen molar-refractivity contribution in [2.24, 2.45) is 5.14 Å². The average Bonchev–Trinajstić information content (AvgIpc) is 3.12. The van der Waals surface area contributed by atoms with E-state index in [4.69, 9.17) is 9.88 Å². The maximum Gasteiger partial charge on any atom is 0.417 e. The lowest BCUT2D eigenvalue weighted by atomic mass is 9.99. The molecule has 2 N–H and O–H groups in total. The van der Waals surface area contributed by atoms with Crippen LogP contribution in [0.3, 0.4) is 0 Å². The summed E-state index contributed by atoms with van der Waals surface area (Å²) in [5.41, 5.74) is 1.85. The summed E-state index contributed by atoms with van der Waals surface area (Å²) in [7, 11) is -3.89. The lowest BCUT2D eigenvalue weighted by Gasteiger charge is -2.08. The Morgan fingerprint density at radius 1 is 0.969 bits per heavy atom. The number of pyridine rings is 1. The number of primary sulfonamides is 1. The highest BCUT2D eigenvalue weighted by Gasteiger charge is 2.31. The van der Waals surface area contributed by atoms with E-state index in [1.165, 1.54) is 22.7 Å². The largest absolute Gasteiger partial charge is 0.494 e. The molecule has 0 amide bonds.